The molecule has 8 heteroatoms. The monoisotopic (exact) mass is 446 g/mol. The molecule has 1 fully saturated rings. The molecule has 1 saturated heterocycles. The lowest BCUT2D eigenvalue weighted by Gasteiger charge is -2.35. The van der Waals surface area contributed by atoms with Crippen LogP contribution in [0.5, 0.6) is 5.75 Å². The molecule has 176 valence electrons. The fourth-order valence-corrected chi connectivity index (χ4v) is 4.15. The number of para-hydroxylation sites is 1. The third-order valence-corrected chi connectivity index (χ3v) is 5.91. The van der Waals surface area contributed by atoms with Crippen LogP contribution in [0.1, 0.15) is 45.6 Å². The number of fused-ring (bicyclic) bond motifs is 3. The SMILES string of the molecule is COC(=O)[C@@H]1C[C@@H]2CN1C(=O)[C@H](C(C)(C)C)NC(=O)Cc1ccccc1OCCCCO2. The second-order valence-corrected chi connectivity index (χ2v) is 9.46. The Labute approximate surface area is 189 Å². The van der Waals surface area contributed by atoms with Crippen molar-refractivity contribution in [3.8, 4) is 5.75 Å². The van der Waals surface area contributed by atoms with Crippen LogP contribution in [0.25, 0.3) is 0 Å². The number of carbonyl (C=O) groups is 3. The molecule has 0 spiro atoms. The Kier molecular flexibility index (Phi) is 7.77. The molecule has 3 rings (SSSR count). The predicted octanol–water partition coefficient (Wildman–Crippen LogP) is 2.09. The Balaban J connectivity index is 1.90. The number of benzene rings is 1. The minimum atomic E-state index is -0.804. The zero-order valence-electron chi connectivity index (χ0n) is 19.4. The molecule has 2 aliphatic rings. The highest BCUT2D eigenvalue weighted by molar-refractivity contribution is 5.92. The number of ether oxygens (including phenoxy) is 3. The van der Waals surface area contributed by atoms with E-state index in [4.69, 9.17) is 14.2 Å². The number of carbonyl (C=O) groups excluding carboxylic acids is 3. The summed E-state index contributed by atoms with van der Waals surface area (Å²) < 4.78 is 16.8. The van der Waals surface area contributed by atoms with Crippen LogP contribution < -0.4 is 10.1 Å². The molecule has 1 N–H and O–H groups in total. The molecule has 0 unspecified atom stereocenters. The van der Waals surface area contributed by atoms with Gasteiger partial charge in [-0.1, -0.05) is 39.0 Å². The van der Waals surface area contributed by atoms with Crippen LogP contribution >= 0.6 is 0 Å². The van der Waals surface area contributed by atoms with E-state index in [0.717, 1.165) is 18.4 Å². The Bertz CT molecular complexity index is 834. The Morgan fingerprint density at radius 3 is 2.59 bits per heavy atom. The highest BCUT2D eigenvalue weighted by Crippen LogP contribution is 2.28. The maximum Gasteiger partial charge on any atom is 0.328 e. The molecule has 2 aliphatic heterocycles. The van der Waals surface area contributed by atoms with Crippen LogP contribution in [-0.2, 0) is 30.3 Å². The Hall–Kier alpha value is -2.61. The smallest absolute Gasteiger partial charge is 0.328 e. The van der Waals surface area contributed by atoms with Gasteiger partial charge in [-0.25, -0.2) is 4.79 Å². The van der Waals surface area contributed by atoms with Crippen molar-refractivity contribution in [2.45, 2.75) is 64.6 Å². The number of amides is 2. The largest absolute Gasteiger partial charge is 0.493 e. The first-order valence-corrected chi connectivity index (χ1v) is 11.2. The summed E-state index contributed by atoms with van der Waals surface area (Å²) in [4.78, 5) is 40.5. The molecule has 0 aliphatic carbocycles. The van der Waals surface area contributed by atoms with Crippen molar-refractivity contribution >= 4 is 17.8 Å². The van der Waals surface area contributed by atoms with Gasteiger partial charge in [-0.15, -0.1) is 0 Å². The highest BCUT2D eigenvalue weighted by Gasteiger charge is 2.45. The molecule has 0 saturated carbocycles. The van der Waals surface area contributed by atoms with Crippen molar-refractivity contribution in [1.29, 1.82) is 0 Å². The molecule has 8 nitrogen and oxygen atoms in total. The normalized spacial score (nSPS) is 25.5. The predicted molar refractivity (Wildman–Crippen MR) is 118 cm³/mol. The lowest BCUT2D eigenvalue weighted by atomic mass is 9.85. The number of hydrogen-bond donors (Lipinski definition) is 1. The first-order chi connectivity index (χ1) is 15.2. The average Bonchev–Trinajstić information content (AvgIpc) is 3.17. The van der Waals surface area contributed by atoms with Gasteiger partial charge in [0.2, 0.25) is 11.8 Å². The molecular weight excluding hydrogens is 412 g/mol. The first-order valence-electron chi connectivity index (χ1n) is 11.2. The van der Waals surface area contributed by atoms with Crippen molar-refractivity contribution in [2.24, 2.45) is 5.41 Å². The third kappa shape index (κ3) is 5.79. The van der Waals surface area contributed by atoms with E-state index < -0.39 is 23.5 Å². The first kappa shape index (κ1) is 24.0. The maximum atomic E-state index is 13.6. The van der Waals surface area contributed by atoms with Gasteiger partial charge in [0.05, 0.1) is 26.2 Å². The fourth-order valence-electron chi connectivity index (χ4n) is 4.15. The van der Waals surface area contributed by atoms with Gasteiger partial charge in [0.15, 0.2) is 0 Å². The van der Waals surface area contributed by atoms with E-state index in [1.165, 1.54) is 12.0 Å². The van der Waals surface area contributed by atoms with E-state index in [2.05, 4.69) is 5.32 Å². The van der Waals surface area contributed by atoms with Gasteiger partial charge in [-0.3, -0.25) is 9.59 Å². The summed E-state index contributed by atoms with van der Waals surface area (Å²) >= 11 is 0. The zero-order chi connectivity index (χ0) is 23.3. The summed E-state index contributed by atoms with van der Waals surface area (Å²) in [7, 11) is 1.31. The minimum absolute atomic E-state index is 0.0994. The van der Waals surface area contributed by atoms with Crippen molar-refractivity contribution in [2.75, 3.05) is 26.9 Å². The summed E-state index contributed by atoms with van der Waals surface area (Å²) in [6.07, 6.45) is 1.81. The van der Waals surface area contributed by atoms with E-state index in [0.29, 0.717) is 31.9 Å². The van der Waals surface area contributed by atoms with Gasteiger partial charge in [0.25, 0.3) is 0 Å². The second kappa shape index (κ2) is 10.3. The molecule has 0 radical (unpaired) electrons. The molecule has 2 bridgehead atoms. The fraction of sp³-hybridized carbons (Fsp3) is 0.625. The molecular formula is C24H34N2O6. The zero-order valence-corrected chi connectivity index (χ0v) is 19.4. The lowest BCUT2D eigenvalue weighted by molar-refractivity contribution is -0.153. The Morgan fingerprint density at radius 2 is 1.88 bits per heavy atom. The van der Waals surface area contributed by atoms with Gasteiger partial charge in [0, 0.05) is 25.1 Å². The van der Waals surface area contributed by atoms with Crippen LogP contribution in [0.15, 0.2) is 24.3 Å². The van der Waals surface area contributed by atoms with E-state index >= 15 is 0 Å². The van der Waals surface area contributed by atoms with Crippen molar-refractivity contribution in [1.82, 2.24) is 10.2 Å². The average molecular weight is 447 g/mol. The molecule has 1 aromatic carbocycles. The van der Waals surface area contributed by atoms with Gasteiger partial charge in [0.1, 0.15) is 17.8 Å². The summed E-state index contributed by atoms with van der Waals surface area (Å²) in [5.41, 5.74) is 0.204. The highest BCUT2D eigenvalue weighted by atomic mass is 16.5. The molecule has 0 aromatic heterocycles. The third-order valence-electron chi connectivity index (χ3n) is 5.91. The molecule has 32 heavy (non-hydrogen) atoms. The van der Waals surface area contributed by atoms with Crippen molar-refractivity contribution in [3.63, 3.8) is 0 Å². The summed E-state index contributed by atoms with van der Waals surface area (Å²) in [5.74, 6) is -0.375. The lowest BCUT2D eigenvalue weighted by Crippen LogP contribution is -2.57. The van der Waals surface area contributed by atoms with Gasteiger partial charge in [-0.2, -0.15) is 0 Å². The Morgan fingerprint density at radius 1 is 1.16 bits per heavy atom. The number of rotatable bonds is 1. The van der Waals surface area contributed by atoms with Crippen LogP contribution in [-0.4, -0.2) is 67.7 Å². The van der Waals surface area contributed by atoms with Crippen LogP contribution in [0, 0.1) is 5.41 Å². The van der Waals surface area contributed by atoms with E-state index in [-0.39, 0.29) is 24.3 Å². The number of hydrogen-bond acceptors (Lipinski definition) is 6. The minimum Gasteiger partial charge on any atom is -0.493 e. The summed E-state index contributed by atoms with van der Waals surface area (Å²) in [6, 6.07) is 5.91. The standard InChI is InChI=1S/C24H34N2O6/c1-24(2,3)21-22(28)26-15-17(14-18(26)23(29)30-4)31-11-7-8-12-32-19-10-6-5-9-16(19)13-20(27)25-21/h5-6,9-10,17-18,21H,7-8,11-15H2,1-4H3,(H,25,27)/t17-,18+,21-/m1/s1. The number of nitrogens with zero attached hydrogens (tertiary/aromatic N) is 1. The number of nitrogens with one attached hydrogen (secondary N) is 1. The molecule has 1 aromatic rings. The molecule has 2 amide bonds. The van der Waals surface area contributed by atoms with Crippen LogP contribution in [0.2, 0.25) is 0 Å². The van der Waals surface area contributed by atoms with Gasteiger partial charge in [-0.05, 0) is 24.3 Å². The number of esters is 1. The second-order valence-electron chi connectivity index (χ2n) is 9.46. The van der Waals surface area contributed by atoms with E-state index in [9.17, 15) is 14.4 Å². The van der Waals surface area contributed by atoms with Gasteiger partial charge < -0.3 is 24.4 Å². The van der Waals surface area contributed by atoms with E-state index in [1.54, 1.807) is 0 Å². The van der Waals surface area contributed by atoms with Crippen LogP contribution in [0.3, 0.4) is 0 Å². The van der Waals surface area contributed by atoms with E-state index in [1.807, 2.05) is 45.0 Å². The summed E-state index contributed by atoms with van der Waals surface area (Å²) in [6.45, 7) is 7.01. The van der Waals surface area contributed by atoms with Crippen molar-refractivity contribution < 1.29 is 28.6 Å². The molecule has 3 atom stereocenters. The maximum absolute atomic E-state index is 13.6. The summed E-state index contributed by atoms with van der Waals surface area (Å²) in [5, 5.41) is 2.91. The quantitative estimate of drug-likeness (QED) is 0.664. The topological polar surface area (TPSA) is 94.2 Å². The number of methoxy groups -OCH3 is 1. The molecule has 2 heterocycles. The van der Waals surface area contributed by atoms with Gasteiger partial charge >= 0.3 is 5.97 Å². The van der Waals surface area contributed by atoms with Crippen LogP contribution in [0.4, 0.5) is 0 Å². The van der Waals surface area contributed by atoms with Crippen molar-refractivity contribution in [3.05, 3.63) is 29.8 Å².